The summed E-state index contributed by atoms with van der Waals surface area (Å²) in [7, 11) is 0. The van der Waals surface area contributed by atoms with Crippen LogP contribution in [-0.4, -0.2) is 58.0 Å². The number of amides is 1. The second-order valence-corrected chi connectivity index (χ2v) is 6.65. The molecule has 5 nitrogen and oxygen atoms in total. The molecule has 2 aliphatic heterocycles. The highest BCUT2D eigenvalue weighted by Gasteiger charge is 2.32. The third-order valence-electron chi connectivity index (χ3n) is 4.98. The summed E-state index contributed by atoms with van der Waals surface area (Å²) in [6.45, 7) is 5.48. The highest BCUT2D eigenvalue weighted by atomic mass is 16.4. The zero-order valence-corrected chi connectivity index (χ0v) is 13.3. The number of carboxylic acid groups (broad SMARTS) is 1. The molecule has 2 aliphatic rings. The quantitative estimate of drug-likeness (QED) is 0.863. The zero-order valence-electron chi connectivity index (χ0n) is 13.3. The summed E-state index contributed by atoms with van der Waals surface area (Å²) in [6, 6.07) is 0.642. The molecule has 2 heterocycles. The maximum absolute atomic E-state index is 12.7. The van der Waals surface area contributed by atoms with Crippen molar-refractivity contribution in [3.63, 3.8) is 0 Å². The van der Waals surface area contributed by atoms with Crippen molar-refractivity contribution in [3.05, 3.63) is 0 Å². The first-order valence-electron chi connectivity index (χ1n) is 8.26. The Morgan fingerprint density at radius 1 is 1.05 bits per heavy atom. The van der Waals surface area contributed by atoms with E-state index in [9.17, 15) is 9.59 Å². The number of carbonyl (C=O) groups excluding carboxylic acids is 1. The Labute approximate surface area is 127 Å². The van der Waals surface area contributed by atoms with Crippen LogP contribution in [0.15, 0.2) is 0 Å². The van der Waals surface area contributed by atoms with E-state index in [1.54, 1.807) is 0 Å². The Morgan fingerprint density at radius 2 is 1.71 bits per heavy atom. The summed E-state index contributed by atoms with van der Waals surface area (Å²) in [5.41, 5.74) is 0. The average Bonchev–Trinajstić information content (AvgIpc) is 2.40. The molecule has 1 amide bonds. The van der Waals surface area contributed by atoms with Gasteiger partial charge in [0.25, 0.3) is 0 Å². The number of hydrogen-bond acceptors (Lipinski definition) is 3. The van der Waals surface area contributed by atoms with Crippen LogP contribution in [0.1, 0.15) is 58.8 Å². The van der Waals surface area contributed by atoms with Crippen molar-refractivity contribution in [2.45, 2.75) is 76.9 Å². The number of likely N-dealkylation sites (tertiary alicyclic amines) is 2. The number of piperidine rings is 2. The molecule has 0 radical (unpaired) electrons. The molecular formula is C16H28N2O3. The second kappa shape index (κ2) is 7.25. The number of nitrogens with zero attached hydrogens (tertiary/aromatic N) is 2. The molecule has 1 N–H and O–H groups in total. The van der Waals surface area contributed by atoms with Gasteiger partial charge >= 0.3 is 5.97 Å². The summed E-state index contributed by atoms with van der Waals surface area (Å²) < 4.78 is 0. The van der Waals surface area contributed by atoms with Gasteiger partial charge in [-0.2, -0.15) is 0 Å². The number of rotatable bonds is 4. The Kier molecular flexibility index (Phi) is 5.62. The molecule has 21 heavy (non-hydrogen) atoms. The van der Waals surface area contributed by atoms with E-state index in [0.717, 1.165) is 38.6 Å². The maximum atomic E-state index is 12.7. The minimum Gasteiger partial charge on any atom is -0.481 e. The van der Waals surface area contributed by atoms with Crippen molar-refractivity contribution in [3.8, 4) is 0 Å². The third kappa shape index (κ3) is 4.19. The molecule has 0 aromatic carbocycles. The minimum atomic E-state index is -0.765. The van der Waals surface area contributed by atoms with E-state index in [-0.39, 0.29) is 18.4 Å². The summed E-state index contributed by atoms with van der Waals surface area (Å²) in [6.07, 6.45) is 6.53. The molecule has 2 rings (SSSR count). The van der Waals surface area contributed by atoms with E-state index in [1.807, 2.05) is 4.90 Å². The van der Waals surface area contributed by atoms with Crippen LogP contribution < -0.4 is 0 Å². The fourth-order valence-electron chi connectivity index (χ4n) is 3.87. The molecule has 2 fully saturated rings. The highest BCUT2D eigenvalue weighted by molar-refractivity contribution is 5.79. The van der Waals surface area contributed by atoms with Crippen molar-refractivity contribution in [1.29, 1.82) is 0 Å². The fourth-order valence-corrected chi connectivity index (χ4v) is 3.87. The van der Waals surface area contributed by atoms with Gasteiger partial charge in [-0.05, 0) is 52.5 Å². The maximum Gasteiger partial charge on any atom is 0.304 e. The molecule has 0 aromatic rings. The smallest absolute Gasteiger partial charge is 0.304 e. The second-order valence-electron chi connectivity index (χ2n) is 6.65. The zero-order chi connectivity index (χ0) is 15.4. The number of aliphatic carboxylic acids is 1. The molecule has 3 unspecified atom stereocenters. The van der Waals surface area contributed by atoms with Crippen LogP contribution in [0.2, 0.25) is 0 Å². The first kappa shape index (κ1) is 16.3. The standard InChI is InChI=1S/C16H28N2O3/c1-12-6-5-7-13(2)18(12)15(19)11-17-9-4-3-8-14(17)10-16(20)21/h12-14H,3-11H2,1-2H3,(H,20,21). The monoisotopic (exact) mass is 296 g/mol. The molecule has 0 aromatic heterocycles. The van der Waals surface area contributed by atoms with Crippen LogP contribution in [0.3, 0.4) is 0 Å². The van der Waals surface area contributed by atoms with Gasteiger partial charge in [-0.1, -0.05) is 6.42 Å². The topological polar surface area (TPSA) is 60.9 Å². The van der Waals surface area contributed by atoms with Gasteiger partial charge in [0.1, 0.15) is 0 Å². The molecule has 120 valence electrons. The Morgan fingerprint density at radius 3 is 2.33 bits per heavy atom. The predicted octanol–water partition coefficient (Wildman–Crippen LogP) is 2.11. The minimum absolute atomic E-state index is 0.0237. The third-order valence-corrected chi connectivity index (χ3v) is 4.98. The summed E-state index contributed by atoms with van der Waals surface area (Å²) in [4.78, 5) is 27.8. The van der Waals surface area contributed by atoms with Crippen molar-refractivity contribution in [2.75, 3.05) is 13.1 Å². The van der Waals surface area contributed by atoms with Crippen molar-refractivity contribution >= 4 is 11.9 Å². The van der Waals surface area contributed by atoms with E-state index in [2.05, 4.69) is 18.7 Å². The fraction of sp³-hybridized carbons (Fsp3) is 0.875. The van der Waals surface area contributed by atoms with Gasteiger partial charge in [0.05, 0.1) is 13.0 Å². The first-order valence-corrected chi connectivity index (χ1v) is 8.26. The largest absolute Gasteiger partial charge is 0.481 e. The van der Waals surface area contributed by atoms with E-state index in [1.165, 1.54) is 6.42 Å². The Hall–Kier alpha value is -1.10. The summed E-state index contributed by atoms with van der Waals surface area (Å²) >= 11 is 0. The van der Waals surface area contributed by atoms with Gasteiger partial charge in [-0.3, -0.25) is 14.5 Å². The molecule has 0 aliphatic carbocycles. The number of carboxylic acids is 1. The molecular weight excluding hydrogens is 268 g/mol. The van der Waals surface area contributed by atoms with E-state index < -0.39 is 5.97 Å². The lowest BCUT2D eigenvalue weighted by molar-refractivity contribution is -0.143. The van der Waals surface area contributed by atoms with E-state index in [0.29, 0.717) is 18.6 Å². The van der Waals surface area contributed by atoms with Gasteiger partial charge in [0, 0.05) is 18.1 Å². The lowest BCUT2D eigenvalue weighted by Crippen LogP contribution is -2.53. The van der Waals surface area contributed by atoms with Crippen LogP contribution in [0.5, 0.6) is 0 Å². The molecule has 0 bridgehead atoms. The molecule has 0 spiro atoms. The van der Waals surface area contributed by atoms with Crippen LogP contribution in [0.25, 0.3) is 0 Å². The van der Waals surface area contributed by atoms with Crippen LogP contribution >= 0.6 is 0 Å². The molecule has 2 saturated heterocycles. The van der Waals surface area contributed by atoms with Gasteiger partial charge < -0.3 is 10.0 Å². The lowest BCUT2D eigenvalue weighted by Gasteiger charge is -2.42. The van der Waals surface area contributed by atoms with Crippen molar-refractivity contribution < 1.29 is 14.7 Å². The van der Waals surface area contributed by atoms with Gasteiger partial charge in [0.15, 0.2) is 0 Å². The van der Waals surface area contributed by atoms with Gasteiger partial charge in [-0.25, -0.2) is 0 Å². The summed E-state index contributed by atoms with van der Waals surface area (Å²) in [5.74, 6) is -0.592. The van der Waals surface area contributed by atoms with Crippen molar-refractivity contribution in [1.82, 2.24) is 9.80 Å². The Bertz CT molecular complexity index is 376. The predicted molar refractivity (Wildman–Crippen MR) is 81.1 cm³/mol. The lowest BCUT2D eigenvalue weighted by atomic mass is 9.96. The number of hydrogen-bond donors (Lipinski definition) is 1. The van der Waals surface area contributed by atoms with Crippen molar-refractivity contribution in [2.24, 2.45) is 0 Å². The molecule has 0 saturated carbocycles. The highest BCUT2D eigenvalue weighted by Crippen LogP contribution is 2.24. The Balaban J connectivity index is 1.97. The van der Waals surface area contributed by atoms with Gasteiger partial charge in [-0.15, -0.1) is 0 Å². The first-order chi connectivity index (χ1) is 9.99. The van der Waals surface area contributed by atoms with Gasteiger partial charge in [0.2, 0.25) is 5.91 Å². The van der Waals surface area contributed by atoms with Crippen LogP contribution in [-0.2, 0) is 9.59 Å². The SMILES string of the molecule is CC1CCCC(C)N1C(=O)CN1CCCCC1CC(=O)O. The summed E-state index contributed by atoms with van der Waals surface area (Å²) in [5, 5.41) is 9.03. The average molecular weight is 296 g/mol. The van der Waals surface area contributed by atoms with Crippen LogP contribution in [0.4, 0.5) is 0 Å². The number of carbonyl (C=O) groups is 2. The molecule has 3 atom stereocenters. The normalized spacial score (nSPS) is 31.1. The van der Waals surface area contributed by atoms with Crippen LogP contribution in [0, 0.1) is 0 Å². The molecule has 5 heteroatoms. The van der Waals surface area contributed by atoms with E-state index >= 15 is 0 Å². The van der Waals surface area contributed by atoms with E-state index in [4.69, 9.17) is 5.11 Å².